The first kappa shape index (κ1) is 18.2. The highest BCUT2D eigenvalue weighted by atomic mass is 16.5. The SMILES string of the molecule is O=C(NCc1ccc(OCc2ccccn2)cc1)C1CCCc2ccccc21. The molecule has 142 valence electrons. The fourth-order valence-corrected chi connectivity index (χ4v) is 3.68. The molecule has 1 unspecified atom stereocenters. The van der Waals surface area contributed by atoms with Crippen LogP contribution in [0.4, 0.5) is 0 Å². The molecule has 1 aliphatic carbocycles. The Morgan fingerprint density at radius 3 is 2.68 bits per heavy atom. The Kier molecular flexibility index (Phi) is 5.66. The Hall–Kier alpha value is -3.14. The lowest BCUT2D eigenvalue weighted by molar-refractivity contribution is -0.123. The summed E-state index contributed by atoms with van der Waals surface area (Å²) in [6.07, 6.45) is 4.82. The lowest BCUT2D eigenvalue weighted by Crippen LogP contribution is -2.31. The first-order chi connectivity index (χ1) is 13.8. The average Bonchev–Trinajstić information content (AvgIpc) is 2.77. The fourth-order valence-electron chi connectivity index (χ4n) is 3.68. The Morgan fingerprint density at radius 2 is 1.86 bits per heavy atom. The summed E-state index contributed by atoms with van der Waals surface area (Å²) < 4.78 is 5.76. The van der Waals surface area contributed by atoms with E-state index in [1.165, 1.54) is 11.1 Å². The van der Waals surface area contributed by atoms with Gasteiger partial charge in [0.15, 0.2) is 0 Å². The number of carbonyl (C=O) groups is 1. The molecule has 4 nitrogen and oxygen atoms in total. The summed E-state index contributed by atoms with van der Waals surface area (Å²) in [6.45, 7) is 0.968. The smallest absolute Gasteiger partial charge is 0.227 e. The number of carbonyl (C=O) groups excluding carboxylic acids is 1. The predicted molar refractivity (Wildman–Crippen MR) is 109 cm³/mol. The number of aryl methyl sites for hydroxylation is 1. The number of ether oxygens (including phenoxy) is 1. The van der Waals surface area contributed by atoms with E-state index in [-0.39, 0.29) is 11.8 Å². The third-order valence-electron chi connectivity index (χ3n) is 5.19. The second kappa shape index (κ2) is 8.70. The molecule has 0 radical (unpaired) electrons. The van der Waals surface area contributed by atoms with E-state index in [0.29, 0.717) is 13.2 Å². The first-order valence-electron chi connectivity index (χ1n) is 9.77. The highest BCUT2D eigenvalue weighted by Gasteiger charge is 2.25. The van der Waals surface area contributed by atoms with Gasteiger partial charge in [0.2, 0.25) is 5.91 Å². The molecule has 4 rings (SSSR count). The van der Waals surface area contributed by atoms with Gasteiger partial charge >= 0.3 is 0 Å². The van der Waals surface area contributed by atoms with Gasteiger partial charge in [-0.1, -0.05) is 42.5 Å². The molecule has 0 aliphatic heterocycles. The van der Waals surface area contributed by atoms with Crippen molar-refractivity contribution in [3.63, 3.8) is 0 Å². The van der Waals surface area contributed by atoms with Gasteiger partial charge in [0.05, 0.1) is 11.6 Å². The number of pyridine rings is 1. The normalized spacial score (nSPS) is 15.5. The van der Waals surface area contributed by atoms with Gasteiger partial charge in [-0.05, 0) is 60.2 Å². The lowest BCUT2D eigenvalue weighted by Gasteiger charge is -2.24. The summed E-state index contributed by atoms with van der Waals surface area (Å²) in [4.78, 5) is 17.0. The molecule has 0 saturated heterocycles. The van der Waals surface area contributed by atoms with E-state index >= 15 is 0 Å². The van der Waals surface area contributed by atoms with Gasteiger partial charge in [0.1, 0.15) is 12.4 Å². The quantitative estimate of drug-likeness (QED) is 0.698. The van der Waals surface area contributed by atoms with Crippen molar-refractivity contribution < 1.29 is 9.53 Å². The maximum Gasteiger partial charge on any atom is 0.227 e. The van der Waals surface area contributed by atoms with Crippen molar-refractivity contribution >= 4 is 5.91 Å². The largest absolute Gasteiger partial charge is 0.487 e. The topological polar surface area (TPSA) is 51.2 Å². The predicted octanol–water partition coefficient (Wildman–Crippen LogP) is 4.40. The second-order valence-electron chi connectivity index (χ2n) is 7.12. The van der Waals surface area contributed by atoms with Crippen molar-refractivity contribution in [3.8, 4) is 5.75 Å². The Bertz CT molecular complexity index is 923. The number of benzene rings is 2. The van der Waals surface area contributed by atoms with Crippen LogP contribution in [-0.4, -0.2) is 10.9 Å². The minimum absolute atomic E-state index is 0.0362. The van der Waals surface area contributed by atoms with E-state index < -0.39 is 0 Å². The Labute approximate surface area is 165 Å². The summed E-state index contributed by atoms with van der Waals surface area (Å²) in [5, 5.41) is 3.10. The summed E-state index contributed by atoms with van der Waals surface area (Å²) in [5.41, 5.74) is 4.45. The minimum Gasteiger partial charge on any atom is -0.487 e. The first-order valence-corrected chi connectivity index (χ1v) is 9.77. The molecular formula is C24H24N2O2. The zero-order valence-electron chi connectivity index (χ0n) is 15.8. The van der Waals surface area contributed by atoms with Gasteiger partial charge in [-0.2, -0.15) is 0 Å². The molecule has 0 saturated carbocycles. The Balaban J connectivity index is 1.31. The Morgan fingerprint density at radius 1 is 1.04 bits per heavy atom. The van der Waals surface area contributed by atoms with Crippen molar-refractivity contribution in [1.82, 2.24) is 10.3 Å². The number of amides is 1. The van der Waals surface area contributed by atoms with Crippen molar-refractivity contribution in [2.75, 3.05) is 0 Å². The summed E-state index contributed by atoms with van der Waals surface area (Å²) in [5.74, 6) is 0.871. The number of nitrogens with zero attached hydrogens (tertiary/aromatic N) is 1. The molecule has 1 aliphatic rings. The monoisotopic (exact) mass is 372 g/mol. The fraction of sp³-hybridized carbons (Fsp3) is 0.250. The third kappa shape index (κ3) is 4.39. The van der Waals surface area contributed by atoms with E-state index in [2.05, 4.69) is 28.5 Å². The number of aromatic nitrogens is 1. The maximum atomic E-state index is 12.7. The van der Waals surface area contributed by atoms with Gasteiger partial charge in [-0.3, -0.25) is 9.78 Å². The van der Waals surface area contributed by atoms with Crippen molar-refractivity contribution in [2.24, 2.45) is 0 Å². The highest BCUT2D eigenvalue weighted by Crippen LogP contribution is 2.31. The molecule has 0 bridgehead atoms. The van der Waals surface area contributed by atoms with E-state index in [0.717, 1.165) is 36.3 Å². The van der Waals surface area contributed by atoms with Crippen LogP contribution in [0, 0.1) is 0 Å². The van der Waals surface area contributed by atoms with E-state index in [4.69, 9.17) is 4.74 Å². The van der Waals surface area contributed by atoms with Crippen LogP contribution in [0.2, 0.25) is 0 Å². The number of hydrogen-bond donors (Lipinski definition) is 1. The van der Waals surface area contributed by atoms with Crippen LogP contribution in [-0.2, 0) is 24.4 Å². The van der Waals surface area contributed by atoms with Crippen LogP contribution >= 0.6 is 0 Å². The molecule has 1 heterocycles. The molecular weight excluding hydrogens is 348 g/mol. The maximum absolute atomic E-state index is 12.7. The van der Waals surface area contributed by atoms with Crippen LogP contribution in [0.1, 0.15) is 41.1 Å². The standard InChI is InChI=1S/C24H24N2O2/c27-24(23-10-5-7-19-6-1-2-9-22(19)23)26-16-18-11-13-21(14-12-18)28-17-20-8-3-4-15-25-20/h1-4,6,8-9,11-15,23H,5,7,10,16-17H2,(H,26,27). The zero-order chi connectivity index (χ0) is 19.2. The molecule has 0 fully saturated rings. The van der Waals surface area contributed by atoms with Gasteiger partial charge in [0, 0.05) is 12.7 Å². The zero-order valence-corrected chi connectivity index (χ0v) is 15.8. The summed E-state index contributed by atoms with van der Waals surface area (Å²) in [7, 11) is 0. The van der Waals surface area contributed by atoms with Gasteiger partial charge in [-0.15, -0.1) is 0 Å². The molecule has 1 amide bonds. The van der Waals surface area contributed by atoms with Crippen LogP contribution < -0.4 is 10.1 Å². The molecule has 0 spiro atoms. The van der Waals surface area contributed by atoms with Gasteiger partial charge in [-0.25, -0.2) is 0 Å². The van der Waals surface area contributed by atoms with Crippen LogP contribution in [0.15, 0.2) is 72.9 Å². The van der Waals surface area contributed by atoms with Crippen molar-refractivity contribution in [3.05, 3.63) is 95.3 Å². The summed E-state index contributed by atoms with van der Waals surface area (Å²) >= 11 is 0. The molecule has 28 heavy (non-hydrogen) atoms. The minimum atomic E-state index is -0.0362. The third-order valence-corrected chi connectivity index (χ3v) is 5.19. The van der Waals surface area contributed by atoms with E-state index in [1.54, 1.807) is 6.20 Å². The van der Waals surface area contributed by atoms with Crippen LogP contribution in [0.5, 0.6) is 5.75 Å². The lowest BCUT2D eigenvalue weighted by atomic mass is 9.82. The van der Waals surface area contributed by atoms with Crippen LogP contribution in [0.25, 0.3) is 0 Å². The molecule has 4 heteroatoms. The van der Waals surface area contributed by atoms with Gasteiger partial charge in [0.25, 0.3) is 0 Å². The molecule has 2 aromatic carbocycles. The number of rotatable bonds is 6. The van der Waals surface area contributed by atoms with Gasteiger partial charge < -0.3 is 10.1 Å². The second-order valence-corrected chi connectivity index (χ2v) is 7.12. The average molecular weight is 372 g/mol. The molecule has 1 aromatic heterocycles. The van der Waals surface area contributed by atoms with Crippen molar-refractivity contribution in [2.45, 2.75) is 38.3 Å². The summed E-state index contributed by atoms with van der Waals surface area (Å²) in [6, 6.07) is 21.9. The van der Waals surface area contributed by atoms with E-state index in [1.807, 2.05) is 48.5 Å². The van der Waals surface area contributed by atoms with Crippen molar-refractivity contribution in [1.29, 1.82) is 0 Å². The van der Waals surface area contributed by atoms with E-state index in [9.17, 15) is 4.79 Å². The highest BCUT2D eigenvalue weighted by molar-refractivity contribution is 5.84. The molecule has 1 N–H and O–H groups in total. The molecule has 1 atom stereocenters. The van der Waals surface area contributed by atoms with Crippen LogP contribution in [0.3, 0.4) is 0 Å². The number of nitrogens with one attached hydrogen (secondary N) is 1. The number of fused-ring (bicyclic) bond motifs is 1. The number of hydrogen-bond acceptors (Lipinski definition) is 3. The molecule has 3 aromatic rings.